The normalized spacial score (nSPS) is 27.1. The molecule has 8 nitrogen and oxygen atoms in total. The molecule has 0 radical (unpaired) electrons. The van der Waals surface area contributed by atoms with Crippen molar-refractivity contribution in [2.75, 3.05) is 49.1 Å². The number of urea groups is 1. The van der Waals surface area contributed by atoms with Crippen molar-refractivity contribution in [2.24, 2.45) is 24.8 Å². The molecule has 4 fully saturated rings. The first-order valence-corrected chi connectivity index (χ1v) is 11.6. The zero-order valence-electron chi connectivity index (χ0n) is 18.1. The van der Waals surface area contributed by atoms with Crippen LogP contribution in [0, 0.1) is 17.8 Å². The lowest BCUT2D eigenvalue weighted by Gasteiger charge is -2.35. The monoisotopic (exact) mass is 422 g/mol. The lowest BCUT2D eigenvalue weighted by molar-refractivity contribution is -0.120. The number of rotatable bonds is 4. The molecule has 2 unspecified atom stereocenters. The summed E-state index contributed by atoms with van der Waals surface area (Å²) in [4.78, 5) is 30.5. The molecule has 3 aliphatic heterocycles. The van der Waals surface area contributed by atoms with Gasteiger partial charge < -0.3 is 9.80 Å². The average Bonchev–Trinajstić information content (AvgIpc) is 3.24. The molecule has 3 amide bonds. The maximum absolute atomic E-state index is 12.3. The first kappa shape index (κ1) is 19.1. The number of imide groups is 1. The minimum Gasteiger partial charge on any atom is -0.371 e. The van der Waals surface area contributed by atoms with Crippen molar-refractivity contribution >= 4 is 34.3 Å². The predicted molar refractivity (Wildman–Crippen MR) is 119 cm³/mol. The molecule has 0 spiro atoms. The van der Waals surface area contributed by atoms with Crippen LogP contribution in [-0.4, -0.2) is 65.9 Å². The maximum atomic E-state index is 12.3. The maximum Gasteiger partial charge on any atom is 0.329 e. The van der Waals surface area contributed by atoms with Gasteiger partial charge in [-0.05, 0) is 55.2 Å². The summed E-state index contributed by atoms with van der Waals surface area (Å²) >= 11 is 0. The average molecular weight is 423 g/mol. The van der Waals surface area contributed by atoms with E-state index in [0.717, 1.165) is 41.7 Å². The summed E-state index contributed by atoms with van der Waals surface area (Å²) in [7, 11) is 1.91. The molecular formula is C23H30N6O2. The van der Waals surface area contributed by atoms with E-state index in [4.69, 9.17) is 0 Å². The fourth-order valence-corrected chi connectivity index (χ4v) is 5.77. The Balaban J connectivity index is 1.15. The molecule has 1 N–H and O–H groups in total. The third-order valence-corrected chi connectivity index (χ3v) is 7.68. The van der Waals surface area contributed by atoms with Crippen LogP contribution in [0.3, 0.4) is 0 Å². The smallest absolute Gasteiger partial charge is 0.329 e. The molecule has 1 aliphatic carbocycles. The summed E-state index contributed by atoms with van der Waals surface area (Å²) in [5.41, 5.74) is 2.23. The highest BCUT2D eigenvalue weighted by Crippen LogP contribution is 2.45. The van der Waals surface area contributed by atoms with Gasteiger partial charge in [0.15, 0.2) is 5.82 Å². The van der Waals surface area contributed by atoms with E-state index in [9.17, 15) is 9.59 Å². The van der Waals surface area contributed by atoms with E-state index in [-0.39, 0.29) is 5.91 Å². The second kappa shape index (κ2) is 7.22. The van der Waals surface area contributed by atoms with E-state index in [2.05, 4.69) is 38.4 Å². The number of nitrogens with zero attached hydrogens (tertiary/aromatic N) is 5. The number of aryl methyl sites for hydroxylation is 1. The lowest BCUT2D eigenvalue weighted by Crippen LogP contribution is -2.49. The number of aromatic nitrogens is 2. The fraction of sp³-hybridized carbons (Fsp3) is 0.609. The van der Waals surface area contributed by atoms with Gasteiger partial charge in [0.2, 0.25) is 5.91 Å². The van der Waals surface area contributed by atoms with Crippen molar-refractivity contribution in [2.45, 2.75) is 25.7 Å². The Morgan fingerprint density at radius 2 is 1.87 bits per heavy atom. The summed E-state index contributed by atoms with van der Waals surface area (Å²) in [5.74, 6) is 3.26. The minimum atomic E-state index is -0.391. The van der Waals surface area contributed by atoms with Crippen LogP contribution in [0.4, 0.5) is 16.3 Å². The summed E-state index contributed by atoms with van der Waals surface area (Å²) in [5, 5.41) is 7.93. The number of carbonyl (C=O) groups excluding carboxylic acids is 2. The van der Waals surface area contributed by atoms with Crippen molar-refractivity contribution in [1.82, 2.24) is 20.0 Å². The summed E-state index contributed by atoms with van der Waals surface area (Å²) < 4.78 is 1.84. The van der Waals surface area contributed by atoms with Crippen LogP contribution >= 0.6 is 0 Å². The van der Waals surface area contributed by atoms with Gasteiger partial charge in [-0.3, -0.25) is 19.7 Å². The molecule has 4 heterocycles. The van der Waals surface area contributed by atoms with Crippen molar-refractivity contribution in [3.8, 4) is 0 Å². The molecule has 8 heteroatoms. The van der Waals surface area contributed by atoms with Crippen molar-refractivity contribution in [3.05, 3.63) is 18.2 Å². The van der Waals surface area contributed by atoms with E-state index in [0.29, 0.717) is 18.8 Å². The molecule has 3 saturated heterocycles. The van der Waals surface area contributed by atoms with Gasteiger partial charge in [0, 0.05) is 63.8 Å². The van der Waals surface area contributed by atoms with E-state index in [1.165, 1.54) is 44.6 Å². The third-order valence-electron chi connectivity index (χ3n) is 7.68. The van der Waals surface area contributed by atoms with Crippen molar-refractivity contribution in [1.29, 1.82) is 0 Å². The fourth-order valence-electron chi connectivity index (χ4n) is 5.77. The van der Waals surface area contributed by atoms with Gasteiger partial charge >= 0.3 is 6.03 Å². The zero-order chi connectivity index (χ0) is 21.1. The molecule has 2 aromatic rings. The minimum absolute atomic E-state index is 0.228. The summed E-state index contributed by atoms with van der Waals surface area (Å²) in [6.45, 7) is 6.52. The highest BCUT2D eigenvalue weighted by molar-refractivity contribution is 6.09. The number of likely N-dealkylation sites (tertiary alicyclic amines) is 1. The van der Waals surface area contributed by atoms with E-state index in [1.807, 2.05) is 11.7 Å². The molecule has 4 aliphatic rings. The Morgan fingerprint density at radius 3 is 2.61 bits per heavy atom. The van der Waals surface area contributed by atoms with Gasteiger partial charge in [0.1, 0.15) is 0 Å². The zero-order valence-corrected chi connectivity index (χ0v) is 18.1. The Morgan fingerprint density at radius 1 is 1.10 bits per heavy atom. The van der Waals surface area contributed by atoms with Gasteiger partial charge in [-0.2, -0.15) is 5.10 Å². The van der Waals surface area contributed by atoms with Gasteiger partial charge in [-0.15, -0.1) is 0 Å². The largest absolute Gasteiger partial charge is 0.371 e. The van der Waals surface area contributed by atoms with Crippen LogP contribution in [0.25, 0.3) is 10.9 Å². The number of nitrogens with one attached hydrogen (secondary N) is 1. The van der Waals surface area contributed by atoms with E-state index < -0.39 is 6.03 Å². The molecule has 6 rings (SSSR count). The third kappa shape index (κ3) is 3.46. The van der Waals surface area contributed by atoms with Crippen molar-refractivity contribution < 1.29 is 9.59 Å². The second-order valence-corrected chi connectivity index (χ2v) is 9.81. The van der Waals surface area contributed by atoms with Gasteiger partial charge in [-0.25, -0.2) is 4.79 Å². The second-order valence-electron chi connectivity index (χ2n) is 9.81. The SMILES string of the molecule is Cn1nc(N2CCC(=O)NC2=O)c2ccc(N3CCC(CN4CC5CC5C4)CC3)cc21. The number of hydrogen-bond donors (Lipinski definition) is 1. The number of anilines is 2. The first-order chi connectivity index (χ1) is 15.0. The first-order valence-electron chi connectivity index (χ1n) is 11.6. The Kier molecular flexibility index (Phi) is 4.45. The highest BCUT2D eigenvalue weighted by Gasteiger charge is 2.45. The molecule has 1 saturated carbocycles. The standard InChI is InChI=1S/C23H30N6O2/c1-26-20-11-18(2-3-19(20)22(25-26)29-9-6-21(30)24-23(29)31)28-7-4-15(5-8-28)12-27-13-16-10-17(16)14-27/h2-3,11,15-17H,4-10,12-14H2,1H3,(H,24,30,31). The van der Waals surface area contributed by atoms with E-state index >= 15 is 0 Å². The van der Waals surface area contributed by atoms with Gasteiger partial charge in [0.05, 0.1) is 5.52 Å². The van der Waals surface area contributed by atoms with E-state index in [1.54, 1.807) is 4.90 Å². The predicted octanol–water partition coefficient (Wildman–Crippen LogP) is 2.19. The number of amides is 3. The molecule has 0 bridgehead atoms. The lowest BCUT2D eigenvalue weighted by atomic mass is 9.95. The van der Waals surface area contributed by atoms with Crippen LogP contribution in [0.1, 0.15) is 25.7 Å². The van der Waals surface area contributed by atoms with Crippen LogP contribution in [0.15, 0.2) is 18.2 Å². The number of piperidine rings is 2. The number of benzene rings is 1. The van der Waals surface area contributed by atoms with Gasteiger partial charge in [0.25, 0.3) is 0 Å². The highest BCUT2D eigenvalue weighted by atomic mass is 16.2. The molecule has 31 heavy (non-hydrogen) atoms. The molecule has 1 aromatic heterocycles. The van der Waals surface area contributed by atoms with Crippen LogP contribution < -0.4 is 15.1 Å². The van der Waals surface area contributed by atoms with Crippen LogP contribution in [0.2, 0.25) is 0 Å². The van der Waals surface area contributed by atoms with Crippen molar-refractivity contribution in [3.63, 3.8) is 0 Å². The molecule has 1 aromatic carbocycles. The van der Waals surface area contributed by atoms with Crippen LogP contribution in [0.5, 0.6) is 0 Å². The van der Waals surface area contributed by atoms with Crippen LogP contribution in [-0.2, 0) is 11.8 Å². The summed E-state index contributed by atoms with van der Waals surface area (Å²) in [6, 6.07) is 6.01. The van der Waals surface area contributed by atoms with Gasteiger partial charge in [-0.1, -0.05) is 0 Å². The quantitative estimate of drug-likeness (QED) is 0.818. The topological polar surface area (TPSA) is 73.7 Å². The Hall–Kier alpha value is -2.61. The molecule has 2 atom stereocenters. The summed E-state index contributed by atoms with van der Waals surface area (Å²) in [6.07, 6.45) is 4.29. The number of hydrogen-bond acceptors (Lipinski definition) is 5. The Bertz CT molecular complexity index is 1030. The molecular weight excluding hydrogens is 392 g/mol. The number of carbonyl (C=O) groups is 2. The molecule has 164 valence electrons. The Labute approximate surface area is 182 Å². The number of fused-ring (bicyclic) bond motifs is 2.